The standard InChI is InChI=1S/C25H32ClFN4O3/c1-6-34-21(32)11-16-9-10-31(25(4,5)13-16)24(33)20-14-28-23(22(30-20)15(2)3)29-17-7-8-18(26)19(27)12-17/h7-8,12,14-16H,6,9-11,13H2,1-5H3,(H,28,29). The maximum Gasteiger partial charge on any atom is 0.306 e. The van der Waals surface area contributed by atoms with E-state index in [4.69, 9.17) is 16.3 Å². The molecule has 1 unspecified atom stereocenters. The van der Waals surface area contributed by atoms with Gasteiger partial charge in [0.1, 0.15) is 11.5 Å². The molecule has 1 aliphatic heterocycles. The van der Waals surface area contributed by atoms with E-state index in [0.29, 0.717) is 43.2 Å². The normalized spacial score (nSPS) is 17.5. The third-order valence-electron chi connectivity index (χ3n) is 6.03. The van der Waals surface area contributed by atoms with Crippen LogP contribution in [0.3, 0.4) is 0 Å². The molecule has 1 N–H and O–H groups in total. The van der Waals surface area contributed by atoms with Gasteiger partial charge in [0, 0.05) is 24.2 Å². The summed E-state index contributed by atoms with van der Waals surface area (Å²) in [6.45, 7) is 10.6. The second-order valence-electron chi connectivity index (χ2n) is 9.53. The maximum atomic E-state index is 13.8. The molecule has 2 heterocycles. The molecule has 2 aromatic rings. The highest BCUT2D eigenvalue weighted by atomic mass is 35.5. The number of hydrogen-bond acceptors (Lipinski definition) is 6. The van der Waals surface area contributed by atoms with Crippen LogP contribution < -0.4 is 5.32 Å². The molecule has 0 saturated carbocycles. The van der Waals surface area contributed by atoms with E-state index in [1.54, 1.807) is 13.0 Å². The van der Waals surface area contributed by atoms with Crippen LogP contribution in [-0.4, -0.2) is 45.4 Å². The molecule has 0 aliphatic carbocycles. The molecule has 184 valence electrons. The Hall–Kier alpha value is -2.74. The van der Waals surface area contributed by atoms with Crippen LogP contribution in [0, 0.1) is 11.7 Å². The van der Waals surface area contributed by atoms with Gasteiger partial charge in [-0.2, -0.15) is 0 Å². The van der Waals surface area contributed by atoms with Crippen LogP contribution in [0.5, 0.6) is 0 Å². The van der Waals surface area contributed by atoms with E-state index in [1.165, 1.54) is 18.3 Å². The largest absolute Gasteiger partial charge is 0.466 e. The molecule has 34 heavy (non-hydrogen) atoms. The monoisotopic (exact) mass is 490 g/mol. The number of ether oxygens (including phenoxy) is 1. The molecule has 1 aliphatic rings. The van der Waals surface area contributed by atoms with E-state index in [1.807, 2.05) is 32.6 Å². The first kappa shape index (κ1) is 25.9. The zero-order valence-electron chi connectivity index (χ0n) is 20.3. The summed E-state index contributed by atoms with van der Waals surface area (Å²) >= 11 is 5.77. The number of likely N-dealkylation sites (tertiary alicyclic amines) is 1. The molecule has 0 radical (unpaired) electrons. The maximum absolute atomic E-state index is 13.8. The summed E-state index contributed by atoms with van der Waals surface area (Å²) < 4.78 is 18.9. The second-order valence-corrected chi connectivity index (χ2v) is 9.94. The molecule has 0 spiro atoms. The van der Waals surface area contributed by atoms with Crippen LogP contribution in [-0.2, 0) is 9.53 Å². The molecule has 9 heteroatoms. The number of amides is 1. The lowest BCUT2D eigenvalue weighted by atomic mass is 9.81. The predicted molar refractivity (Wildman–Crippen MR) is 130 cm³/mol. The SMILES string of the molecule is CCOC(=O)CC1CCN(C(=O)c2cnc(Nc3ccc(Cl)c(F)c3)c(C(C)C)n2)C(C)(C)C1. The van der Waals surface area contributed by atoms with Crippen molar-refractivity contribution in [1.82, 2.24) is 14.9 Å². The van der Waals surface area contributed by atoms with Gasteiger partial charge in [0.05, 0.1) is 23.5 Å². The van der Waals surface area contributed by atoms with Crippen molar-refractivity contribution in [1.29, 1.82) is 0 Å². The summed E-state index contributed by atoms with van der Waals surface area (Å²) in [6, 6.07) is 4.41. The number of anilines is 2. The van der Waals surface area contributed by atoms with Crippen molar-refractivity contribution in [2.45, 2.75) is 65.3 Å². The van der Waals surface area contributed by atoms with Crippen LogP contribution in [0.25, 0.3) is 0 Å². The number of piperidine rings is 1. The van der Waals surface area contributed by atoms with Crippen LogP contribution in [0.15, 0.2) is 24.4 Å². The summed E-state index contributed by atoms with van der Waals surface area (Å²) in [7, 11) is 0. The Kier molecular flexibility index (Phi) is 8.13. The first-order valence-corrected chi connectivity index (χ1v) is 12.0. The van der Waals surface area contributed by atoms with Crippen LogP contribution in [0.1, 0.15) is 76.0 Å². The highest BCUT2D eigenvalue weighted by Crippen LogP contribution is 2.35. The van der Waals surface area contributed by atoms with Crippen LogP contribution in [0.2, 0.25) is 5.02 Å². The Balaban J connectivity index is 1.78. The third-order valence-corrected chi connectivity index (χ3v) is 6.34. The van der Waals surface area contributed by atoms with Gasteiger partial charge in [0.25, 0.3) is 5.91 Å². The number of aromatic nitrogens is 2. The predicted octanol–water partition coefficient (Wildman–Crippen LogP) is 5.72. The van der Waals surface area contributed by atoms with Gasteiger partial charge in [-0.25, -0.2) is 14.4 Å². The number of rotatable bonds is 7. The molecule has 0 bridgehead atoms. The van der Waals surface area contributed by atoms with Crippen molar-refractivity contribution >= 4 is 35.0 Å². The fourth-order valence-electron chi connectivity index (χ4n) is 4.39. The number of nitrogens with one attached hydrogen (secondary N) is 1. The van der Waals surface area contributed by atoms with E-state index < -0.39 is 11.4 Å². The number of carbonyl (C=O) groups excluding carboxylic acids is 2. The Morgan fingerprint density at radius 3 is 2.71 bits per heavy atom. The molecule has 1 aromatic heterocycles. The Morgan fingerprint density at radius 2 is 2.09 bits per heavy atom. The van der Waals surface area contributed by atoms with Gasteiger partial charge in [0.15, 0.2) is 5.82 Å². The Labute approximate surface area is 205 Å². The molecule has 1 saturated heterocycles. The van der Waals surface area contributed by atoms with E-state index >= 15 is 0 Å². The Bertz CT molecular complexity index is 1060. The van der Waals surface area contributed by atoms with Crippen LogP contribution in [0.4, 0.5) is 15.9 Å². The van der Waals surface area contributed by atoms with Crippen molar-refractivity contribution in [3.63, 3.8) is 0 Å². The molecule has 1 fully saturated rings. The minimum atomic E-state index is -0.536. The van der Waals surface area contributed by atoms with Crippen molar-refractivity contribution in [3.8, 4) is 0 Å². The first-order chi connectivity index (χ1) is 16.0. The molecule has 1 amide bonds. The van der Waals surface area contributed by atoms with E-state index in [9.17, 15) is 14.0 Å². The fraction of sp³-hybridized carbons (Fsp3) is 0.520. The summed E-state index contributed by atoms with van der Waals surface area (Å²) in [4.78, 5) is 36.2. The van der Waals surface area contributed by atoms with Gasteiger partial charge < -0.3 is 15.0 Å². The second kappa shape index (κ2) is 10.7. The van der Waals surface area contributed by atoms with Gasteiger partial charge in [-0.05, 0) is 63.6 Å². The van der Waals surface area contributed by atoms with Gasteiger partial charge in [-0.15, -0.1) is 0 Å². The highest BCUT2D eigenvalue weighted by molar-refractivity contribution is 6.30. The molecule has 1 aromatic carbocycles. The van der Waals surface area contributed by atoms with E-state index in [2.05, 4.69) is 15.3 Å². The number of hydrogen-bond donors (Lipinski definition) is 1. The van der Waals surface area contributed by atoms with Gasteiger partial charge >= 0.3 is 5.97 Å². The first-order valence-electron chi connectivity index (χ1n) is 11.6. The lowest BCUT2D eigenvalue weighted by Crippen LogP contribution is -2.53. The zero-order chi connectivity index (χ0) is 25.0. The van der Waals surface area contributed by atoms with E-state index in [-0.39, 0.29) is 34.4 Å². The van der Waals surface area contributed by atoms with Crippen molar-refractivity contribution in [2.24, 2.45) is 5.92 Å². The van der Waals surface area contributed by atoms with E-state index in [0.717, 1.165) is 6.42 Å². The van der Waals surface area contributed by atoms with Gasteiger partial charge in [-0.3, -0.25) is 9.59 Å². The number of carbonyl (C=O) groups is 2. The van der Waals surface area contributed by atoms with Crippen molar-refractivity contribution in [2.75, 3.05) is 18.5 Å². The van der Waals surface area contributed by atoms with Crippen molar-refractivity contribution < 1.29 is 18.7 Å². The van der Waals surface area contributed by atoms with Crippen LogP contribution >= 0.6 is 11.6 Å². The molecule has 1 atom stereocenters. The smallest absolute Gasteiger partial charge is 0.306 e. The average Bonchev–Trinajstić information content (AvgIpc) is 2.75. The number of esters is 1. The number of halogens is 2. The number of nitrogens with zero attached hydrogens (tertiary/aromatic N) is 3. The zero-order valence-corrected chi connectivity index (χ0v) is 21.1. The topological polar surface area (TPSA) is 84.4 Å². The summed E-state index contributed by atoms with van der Waals surface area (Å²) in [6.07, 6.45) is 3.23. The molecule has 7 nitrogen and oxygen atoms in total. The average molecular weight is 491 g/mol. The molecular weight excluding hydrogens is 459 g/mol. The summed E-state index contributed by atoms with van der Waals surface area (Å²) in [5.41, 5.74) is 0.913. The molecular formula is C25H32ClFN4O3. The highest BCUT2D eigenvalue weighted by Gasteiger charge is 2.39. The molecule has 3 rings (SSSR count). The lowest BCUT2D eigenvalue weighted by molar-refractivity contribution is -0.144. The third kappa shape index (κ3) is 6.03. The Morgan fingerprint density at radius 1 is 1.35 bits per heavy atom. The quantitative estimate of drug-likeness (QED) is 0.499. The van der Waals surface area contributed by atoms with Gasteiger partial charge in [-0.1, -0.05) is 25.4 Å². The summed E-state index contributed by atoms with van der Waals surface area (Å²) in [5.74, 6) is -0.325. The number of benzene rings is 1. The fourth-order valence-corrected chi connectivity index (χ4v) is 4.51. The van der Waals surface area contributed by atoms with Crippen molar-refractivity contribution in [3.05, 3.63) is 46.6 Å². The summed E-state index contributed by atoms with van der Waals surface area (Å²) in [5, 5.41) is 3.11. The minimum absolute atomic E-state index is 0.0248. The van der Waals surface area contributed by atoms with Gasteiger partial charge in [0.2, 0.25) is 0 Å². The lowest BCUT2D eigenvalue weighted by Gasteiger charge is -2.45. The minimum Gasteiger partial charge on any atom is -0.466 e.